The highest BCUT2D eigenvalue weighted by molar-refractivity contribution is 7.89. The first-order chi connectivity index (χ1) is 9.77. The molecule has 21 heavy (non-hydrogen) atoms. The Balaban J connectivity index is 2.42. The van der Waals surface area contributed by atoms with Crippen LogP contribution in [-0.2, 0) is 16.6 Å². The Bertz CT molecular complexity index is 639. The van der Waals surface area contributed by atoms with Crippen molar-refractivity contribution in [1.82, 2.24) is 9.21 Å². The van der Waals surface area contributed by atoms with Crippen LogP contribution in [-0.4, -0.2) is 50.3 Å². The lowest BCUT2D eigenvalue weighted by Gasteiger charge is -2.37. The number of nitrogens with two attached hydrogens (primary N) is 1. The van der Waals surface area contributed by atoms with Crippen molar-refractivity contribution < 1.29 is 12.8 Å². The molecule has 8 heteroatoms. The van der Waals surface area contributed by atoms with Crippen LogP contribution in [0.15, 0.2) is 17.0 Å². The number of nitrogens with zero attached hydrogens (tertiary/aromatic N) is 2. The number of likely N-dealkylation sites (N-methyl/N-ethyl adjacent to an activating group) is 1. The van der Waals surface area contributed by atoms with Crippen LogP contribution in [0.5, 0.6) is 0 Å². The van der Waals surface area contributed by atoms with E-state index in [0.29, 0.717) is 19.6 Å². The van der Waals surface area contributed by atoms with Crippen LogP contribution < -0.4 is 5.73 Å². The zero-order valence-corrected chi connectivity index (χ0v) is 13.6. The minimum Gasteiger partial charge on any atom is -0.326 e. The molecule has 5 nitrogen and oxygen atoms in total. The van der Waals surface area contributed by atoms with Gasteiger partial charge in [-0.05, 0) is 31.7 Å². The third kappa shape index (κ3) is 3.22. The van der Waals surface area contributed by atoms with Crippen molar-refractivity contribution in [1.29, 1.82) is 0 Å². The third-order valence-electron chi connectivity index (χ3n) is 3.67. The van der Waals surface area contributed by atoms with Gasteiger partial charge in [-0.1, -0.05) is 11.6 Å². The molecule has 1 heterocycles. The lowest BCUT2D eigenvalue weighted by Crippen LogP contribution is -2.52. The van der Waals surface area contributed by atoms with Crippen LogP contribution in [0.25, 0.3) is 0 Å². The standard InChI is InChI=1S/C13H19ClFN3O2S/c1-9-8-17(2)3-4-18(9)21(19,20)11-5-10(7-16)13(14)12(15)6-11/h5-6,9H,3-4,7-8,16H2,1-2H3. The second-order valence-electron chi connectivity index (χ2n) is 5.31. The molecule has 1 saturated heterocycles. The Kier molecular flexibility index (Phi) is 4.89. The normalized spacial score (nSPS) is 21.7. The molecule has 2 rings (SSSR count). The molecule has 0 saturated carbocycles. The molecule has 1 atom stereocenters. The maximum absolute atomic E-state index is 13.8. The van der Waals surface area contributed by atoms with Crippen LogP contribution in [0.3, 0.4) is 0 Å². The van der Waals surface area contributed by atoms with Crippen molar-refractivity contribution in [2.75, 3.05) is 26.7 Å². The predicted molar refractivity (Wildman–Crippen MR) is 80.2 cm³/mol. The fourth-order valence-electron chi connectivity index (χ4n) is 2.53. The van der Waals surface area contributed by atoms with E-state index in [1.807, 2.05) is 14.0 Å². The molecule has 0 bridgehead atoms. The minimum absolute atomic E-state index is 0.0165. The van der Waals surface area contributed by atoms with Crippen LogP contribution in [0, 0.1) is 5.82 Å². The van der Waals surface area contributed by atoms with Gasteiger partial charge >= 0.3 is 0 Å². The molecule has 1 aliphatic rings. The number of halogens is 2. The molecule has 2 N–H and O–H groups in total. The van der Waals surface area contributed by atoms with E-state index in [0.717, 1.165) is 6.07 Å². The van der Waals surface area contributed by atoms with Gasteiger partial charge < -0.3 is 10.6 Å². The Morgan fingerprint density at radius 2 is 2.10 bits per heavy atom. The van der Waals surface area contributed by atoms with Gasteiger partial charge in [0, 0.05) is 32.2 Å². The summed E-state index contributed by atoms with van der Waals surface area (Å²) < 4.78 is 40.6. The molecular weight excluding hydrogens is 317 g/mol. The third-order valence-corrected chi connectivity index (χ3v) is 6.09. The van der Waals surface area contributed by atoms with Gasteiger partial charge in [-0.15, -0.1) is 0 Å². The Hall–Kier alpha value is -0.730. The summed E-state index contributed by atoms with van der Waals surface area (Å²) in [6, 6.07) is 2.14. The van der Waals surface area contributed by atoms with Gasteiger partial charge in [-0.25, -0.2) is 12.8 Å². The highest BCUT2D eigenvalue weighted by atomic mass is 35.5. The van der Waals surface area contributed by atoms with Gasteiger partial charge in [0.2, 0.25) is 10.0 Å². The van der Waals surface area contributed by atoms with Crippen LogP contribution >= 0.6 is 11.6 Å². The smallest absolute Gasteiger partial charge is 0.243 e. The fourth-order valence-corrected chi connectivity index (χ4v) is 4.39. The zero-order chi connectivity index (χ0) is 15.8. The van der Waals surface area contributed by atoms with Crippen LogP contribution in [0.2, 0.25) is 5.02 Å². The minimum atomic E-state index is -3.75. The lowest BCUT2D eigenvalue weighted by molar-refractivity contribution is 0.170. The van der Waals surface area contributed by atoms with Gasteiger partial charge in [0.15, 0.2) is 0 Å². The monoisotopic (exact) mass is 335 g/mol. The average molecular weight is 336 g/mol. The van der Waals surface area contributed by atoms with Gasteiger partial charge in [0.1, 0.15) is 5.82 Å². The Labute approximate surface area is 129 Å². The number of hydrogen-bond acceptors (Lipinski definition) is 4. The quantitative estimate of drug-likeness (QED) is 0.903. The van der Waals surface area contributed by atoms with Crippen molar-refractivity contribution in [3.63, 3.8) is 0 Å². The predicted octanol–water partition coefficient (Wildman–Crippen LogP) is 1.26. The summed E-state index contributed by atoms with van der Waals surface area (Å²) in [5.74, 6) is -0.764. The summed E-state index contributed by atoms with van der Waals surface area (Å²) >= 11 is 5.78. The van der Waals surface area contributed by atoms with Gasteiger partial charge in [0.05, 0.1) is 9.92 Å². The Morgan fingerprint density at radius 1 is 1.43 bits per heavy atom. The second kappa shape index (κ2) is 6.18. The molecule has 0 aliphatic carbocycles. The van der Waals surface area contributed by atoms with E-state index < -0.39 is 15.8 Å². The van der Waals surface area contributed by atoms with Crippen LogP contribution in [0.1, 0.15) is 12.5 Å². The molecule has 1 aromatic rings. The van der Waals surface area contributed by atoms with E-state index in [-0.39, 0.29) is 28.1 Å². The summed E-state index contributed by atoms with van der Waals surface area (Å²) in [4.78, 5) is 1.96. The molecule has 1 unspecified atom stereocenters. The maximum Gasteiger partial charge on any atom is 0.243 e. The van der Waals surface area contributed by atoms with Crippen molar-refractivity contribution in [2.45, 2.75) is 24.4 Å². The first-order valence-corrected chi connectivity index (χ1v) is 8.47. The van der Waals surface area contributed by atoms with Gasteiger partial charge in [0.25, 0.3) is 0 Å². The molecule has 0 aromatic heterocycles. The SMILES string of the molecule is CC1CN(C)CCN1S(=O)(=O)c1cc(F)c(Cl)c(CN)c1. The van der Waals surface area contributed by atoms with E-state index >= 15 is 0 Å². The number of benzene rings is 1. The van der Waals surface area contributed by atoms with Gasteiger partial charge in [-0.3, -0.25) is 0 Å². The molecule has 0 spiro atoms. The lowest BCUT2D eigenvalue weighted by atomic mass is 10.2. The van der Waals surface area contributed by atoms with Crippen molar-refractivity contribution in [3.8, 4) is 0 Å². The van der Waals surface area contributed by atoms with E-state index in [1.54, 1.807) is 0 Å². The molecule has 1 aromatic carbocycles. The number of sulfonamides is 1. The molecule has 118 valence electrons. The second-order valence-corrected chi connectivity index (χ2v) is 7.58. The first-order valence-electron chi connectivity index (χ1n) is 6.65. The average Bonchev–Trinajstić information content (AvgIpc) is 2.41. The molecule has 1 aliphatic heterocycles. The van der Waals surface area contributed by atoms with Crippen molar-refractivity contribution in [2.24, 2.45) is 5.73 Å². The fraction of sp³-hybridized carbons (Fsp3) is 0.538. The molecular formula is C13H19ClFN3O2S. The van der Waals surface area contributed by atoms with Gasteiger partial charge in [-0.2, -0.15) is 4.31 Å². The van der Waals surface area contributed by atoms with Crippen molar-refractivity contribution in [3.05, 3.63) is 28.5 Å². The summed E-state index contributed by atoms with van der Waals surface area (Å²) in [5.41, 5.74) is 5.78. The highest BCUT2D eigenvalue weighted by Gasteiger charge is 2.33. The molecule has 0 amide bonds. The van der Waals surface area contributed by atoms with E-state index in [9.17, 15) is 12.8 Å². The maximum atomic E-state index is 13.8. The van der Waals surface area contributed by atoms with Crippen LogP contribution in [0.4, 0.5) is 4.39 Å². The largest absolute Gasteiger partial charge is 0.326 e. The number of rotatable bonds is 3. The Morgan fingerprint density at radius 3 is 2.67 bits per heavy atom. The zero-order valence-electron chi connectivity index (χ0n) is 12.0. The first kappa shape index (κ1) is 16.6. The van der Waals surface area contributed by atoms with E-state index in [1.165, 1.54) is 10.4 Å². The summed E-state index contributed by atoms with van der Waals surface area (Å²) in [6.07, 6.45) is 0. The topological polar surface area (TPSA) is 66.6 Å². The number of hydrogen-bond donors (Lipinski definition) is 1. The van der Waals surface area contributed by atoms with Crippen molar-refractivity contribution >= 4 is 21.6 Å². The molecule has 0 radical (unpaired) electrons. The summed E-state index contributed by atoms with van der Waals surface area (Å²) in [7, 11) is -1.81. The van der Waals surface area contributed by atoms with E-state index in [2.05, 4.69) is 4.90 Å². The number of piperazine rings is 1. The van der Waals surface area contributed by atoms with E-state index in [4.69, 9.17) is 17.3 Å². The highest BCUT2D eigenvalue weighted by Crippen LogP contribution is 2.27. The summed E-state index contributed by atoms with van der Waals surface area (Å²) in [6.45, 7) is 3.48. The molecule has 1 fully saturated rings. The summed E-state index contributed by atoms with van der Waals surface area (Å²) in [5, 5.41) is -0.122.